The summed E-state index contributed by atoms with van der Waals surface area (Å²) in [4.78, 5) is 23.2. The maximum atomic E-state index is 11.7. The lowest BCUT2D eigenvalue weighted by atomic mass is 10.0. The third-order valence-electron chi connectivity index (χ3n) is 2.67. The number of carbonyl (C=O) groups is 2. The van der Waals surface area contributed by atoms with Crippen LogP contribution in [-0.2, 0) is 14.3 Å². The molecule has 0 aromatic heterocycles. The minimum absolute atomic E-state index is 0.0157. The maximum absolute atomic E-state index is 11.7. The molecule has 0 aliphatic rings. The Bertz CT molecular complexity index is 539. The zero-order valence-corrected chi connectivity index (χ0v) is 13.8. The van der Waals surface area contributed by atoms with Gasteiger partial charge in [-0.15, -0.1) is 0 Å². The van der Waals surface area contributed by atoms with Gasteiger partial charge in [-0.2, -0.15) is 0 Å². The Balaban J connectivity index is 3.10. The number of phenolic OH excluding ortho intramolecular Hbond substituents is 1. The Morgan fingerprint density at radius 2 is 2.19 bits per heavy atom. The largest absolute Gasteiger partial charge is 0.506 e. The molecule has 6 nitrogen and oxygen atoms in total. The summed E-state index contributed by atoms with van der Waals surface area (Å²) in [6.07, 6.45) is -0.111. The standard InChI is InChI=1S/C13H16BrClN2O4/c1-2-21-12(19)5-10(17-11(18)6-16)8-3-7(14)4-9(15)13(8)20/h3-4,10,20H,2,5-6,16H2,1H3,(H,17,18)/p+1/t10-/m0/s1. The molecule has 0 fully saturated rings. The van der Waals surface area contributed by atoms with Gasteiger partial charge >= 0.3 is 5.97 Å². The number of phenols is 1. The molecular formula is C13H17BrClN2O4+. The highest BCUT2D eigenvalue weighted by Crippen LogP contribution is 2.36. The van der Waals surface area contributed by atoms with Gasteiger partial charge in [0.2, 0.25) is 0 Å². The van der Waals surface area contributed by atoms with Crippen molar-refractivity contribution in [2.75, 3.05) is 13.2 Å². The first kappa shape index (κ1) is 17.7. The number of carbonyl (C=O) groups excluding carboxylic acids is 2. The molecule has 1 aromatic carbocycles. The first-order valence-corrected chi connectivity index (χ1v) is 7.48. The molecule has 0 radical (unpaired) electrons. The predicted molar refractivity (Wildman–Crippen MR) is 80.7 cm³/mol. The van der Waals surface area contributed by atoms with Gasteiger partial charge in [0.05, 0.1) is 24.1 Å². The average molecular weight is 381 g/mol. The maximum Gasteiger partial charge on any atom is 0.308 e. The summed E-state index contributed by atoms with van der Waals surface area (Å²) < 4.78 is 5.50. The number of hydrogen-bond acceptors (Lipinski definition) is 4. The zero-order chi connectivity index (χ0) is 16.0. The van der Waals surface area contributed by atoms with Gasteiger partial charge in [-0.1, -0.05) is 27.5 Å². The number of benzene rings is 1. The van der Waals surface area contributed by atoms with Gasteiger partial charge in [-0.3, -0.25) is 9.59 Å². The van der Waals surface area contributed by atoms with Crippen LogP contribution < -0.4 is 11.1 Å². The lowest BCUT2D eigenvalue weighted by molar-refractivity contribution is -0.355. The van der Waals surface area contributed by atoms with Crippen molar-refractivity contribution in [1.82, 2.24) is 5.32 Å². The summed E-state index contributed by atoms with van der Waals surface area (Å²) in [5.74, 6) is -1.01. The summed E-state index contributed by atoms with van der Waals surface area (Å²) in [5.41, 5.74) is 3.82. The van der Waals surface area contributed by atoms with Crippen molar-refractivity contribution in [3.63, 3.8) is 0 Å². The van der Waals surface area contributed by atoms with Gasteiger partial charge < -0.3 is 20.9 Å². The van der Waals surface area contributed by atoms with E-state index in [4.69, 9.17) is 16.3 Å². The van der Waals surface area contributed by atoms with Crippen molar-refractivity contribution < 1.29 is 25.2 Å². The van der Waals surface area contributed by atoms with Crippen LogP contribution in [0.1, 0.15) is 24.9 Å². The fraction of sp³-hybridized carbons (Fsp3) is 0.385. The minimum Gasteiger partial charge on any atom is -0.506 e. The van der Waals surface area contributed by atoms with E-state index in [1.165, 1.54) is 6.07 Å². The Labute approximate surface area is 135 Å². The van der Waals surface area contributed by atoms with E-state index < -0.39 is 12.0 Å². The van der Waals surface area contributed by atoms with Crippen LogP contribution >= 0.6 is 27.5 Å². The van der Waals surface area contributed by atoms with Gasteiger partial charge in [0.15, 0.2) is 6.54 Å². The molecule has 0 unspecified atom stereocenters. The number of esters is 1. The van der Waals surface area contributed by atoms with Crippen LogP contribution in [0.4, 0.5) is 0 Å². The molecule has 0 heterocycles. The topological polar surface area (TPSA) is 103 Å². The summed E-state index contributed by atoms with van der Waals surface area (Å²) >= 11 is 9.17. The lowest BCUT2D eigenvalue weighted by Gasteiger charge is -2.19. The number of rotatable bonds is 6. The molecule has 0 bridgehead atoms. The van der Waals surface area contributed by atoms with Gasteiger partial charge in [0.25, 0.3) is 5.91 Å². The molecule has 5 N–H and O–H groups in total. The molecule has 0 saturated heterocycles. The van der Waals surface area contributed by atoms with Gasteiger partial charge in [0, 0.05) is 10.0 Å². The Morgan fingerprint density at radius 1 is 1.52 bits per heavy atom. The summed E-state index contributed by atoms with van der Waals surface area (Å²) in [7, 11) is 0. The monoisotopic (exact) mass is 379 g/mol. The number of ether oxygens (including phenoxy) is 1. The molecule has 1 rings (SSSR count). The Morgan fingerprint density at radius 3 is 2.76 bits per heavy atom. The van der Waals surface area contributed by atoms with Crippen LogP contribution in [0.15, 0.2) is 16.6 Å². The SMILES string of the molecule is CCOC(=O)C[C@H](NC(=O)C[NH3+])c1cc(Br)cc(Cl)c1O. The van der Waals surface area contributed by atoms with Crippen LogP contribution in [-0.4, -0.2) is 30.1 Å². The molecular weight excluding hydrogens is 364 g/mol. The van der Waals surface area contributed by atoms with Crippen LogP contribution in [0.25, 0.3) is 0 Å². The van der Waals surface area contributed by atoms with E-state index >= 15 is 0 Å². The van der Waals surface area contributed by atoms with E-state index in [0.29, 0.717) is 10.0 Å². The highest BCUT2D eigenvalue weighted by Gasteiger charge is 2.23. The Kier molecular flexibility index (Phi) is 6.94. The normalized spacial score (nSPS) is 11.8. The van der Waals surface area contributed by atoms with Crippen LogP contribution in [0.2, 0.25) is 5.02 Å². The third kappa shape index (κ3) is 5.18. The highest BCUT2D eigenvalue weighted by molar-refractivity contribution is 9.10. The van der Waals surface area contributed by atoms with E-state index in [1.54, 1.807) is 13.0 Å². The smallest absolute Gasteiger partial charge is 0.308 e. The van der Waals surface area contributed by atoms with Gasteiger partial charge in [-0.05, 0) is 19.1 Å². The average Bonchev–Trinajstić information content (AvgIpc) is 2.42. The van der Waals surface area contributed by atoms with Crippen molar-refractivity contribution in [2.45, 2.75) is 19.4 Å². The van der Waals surface area contributed by atoms with Crippen molar-refractivity contribution in [3.05, 3.63) is 27.2 Å². The van der Waals surface area contributed by atoms with Crippen molar-refractivity contribution in [2.24, 2.45) is 0 Å². The quantitative estimate of drug-likeness (QED) is 0.644. The molecule has 0 saturated carbocycles. The predicted octanol–water partition coefficient (Wildman–Crippen LogP) is 1.16. The first-order valence-electron chi connectivity index (χ1n) is 6.31. The molecule has 0 aliphatic carbocycles. The number of nitrogens with one attached hydrogen (secondary N) is 1. The highest BCUT2D eigenvalue weighted by atomic mass is 79.9. The van der Waals surface area contributed by atoms with E-state index in [-0.39, 0.29) is 36.3 Å². The molecule has 0 aliphatic heterocycles. The number of halogens is 2. The number of quaternary nitrogens is 1. The minimum atomic E-state index is -0.742. The third-order valence-corrected chi connectivity index (χ3v) is 3.42. The molecule has 21 heavy (non-hydrogen) atoms. The number of hydrogen-bond donors (Lipinski definition) is 3. The summed E-state index contributed by atoms with van der Waals surface area (Å²) in [6, 6.07) is 2.37. The fourth-order valence-corrected chi connectivity index (χ4v) is 2.58. The van der Waals surface area contributed by atoms with Crippen molar-refractivity contribution in [3.8, 4) is 5.75 Å². The second-order valence-electron chi connectivity index (χ2n) is 4.20. The summed E-state index contributed by atoms with van der Waals surface area (Å²) in [5, 5.41) is 12.8. The van der Waals surface area contributed by atoms with Crippen molar-refractivity contribution >= 4 is 39.4 Å². The van der Waals surface area contributed by atoms with E-state index in [1.807, 2.05) is 0 Å². The van der Waals surface area contributed by atoms with Gasteiger partial charge in [-0.25, -0.2) is 0 Å². The van der Waals surface area contributed by atoms with Crippen LogP contribution in [0.5, 0.6) is 5.75 Å². The van der Waals surface area contributed by atoms with E-state index in [0.717, 1.165) is 0 Å². The zero-order valence-electron chi connectivity index (χ0n) is 11.5. The van der Waals surface area contributed by atoms with Crippen molar-refractivity contribution in [1.29, 1.82) is 0 Å². The van der Waals surface area contributed by atoms with Crippen LogP contribution in [0, 0.1) is 0 Å². The first-order chi connectivity index (χ1) is 9.88. The Hall–Kier alpha value is -1.31. The second kappa shape index (κ2) is 8.21. The molecule has 0 spiro atoms. The summed E-state index contributed by atoms with van der Waals surface area (Å²) in [6.45, 7) is 1.94. The van der Waals surface area contributed by atoms with Crippen LogP contribution in [0.3, 0.4) is 0 Å². The fourth-order valence-electron chi connectivity index (χ4n) is 1.74. The number of amides is 1. The molecule has 116 valence electrons. The van der Waals surface area contributed by atoms with E-state index in [9.17, 15) is 14.7 Å². The second-order valence-corrected chi connectivity index (χ2v) is 5.53. The molecule has 1 atom stereocenters. The van der Waals surface area contributed by atoms with E-state index in [2.05, 4.69) is 27.0 Å². The number of aromatic hydroxyl groups is 1. The lowest BCUT2D eigenvalue weighted by Crippen LogP contribution is -2.57. The molecule has 1 aromatic rings. The van der Waals surface area contributed by atoms with Gasteiger partial charge in [0.1, 0.15) is 5.75 Å². The molecule has 8 heteroatoms. The molecule has 1 amide bonds.